The molecular formula is C23H43NO3. The number of esters is 1. The van der Waals surface area contributed by atoms with Gasteiger partial charge in [-0.1, -0.05) is 66.7 Å². The Labute approximate surface area is 167 Å². The third-order valence-corrected chi connectivity index (χ3v) is 7.75. The van der Waals surface area contributed by atoms with E-state index in [0.29, 0.717) is 24.4 Å². The number of hydrogen-bond acceptors (Lipinski definition) is 4. The summed E-state index contributed by atoms with van der Waals surface area (Å²) in [7, 11) is 0. The summed E-state index contributed by atoms with van der Waals surface area (Å²) in [6.07, 6.45) is 7.64. The minimum Gasteiger partial charge on any atom is -0.462 e. The van der Waals surface area contributed by atoms with Crippen LogP contribution in [0.15, 0.2) is 0 Å². The van der Waals surface area contributed by atoms with E-state index in [2.05, 4.69) is 39.5 Å². The normalized spacial score (nSPS) is 32.3. The molecule has 0 aromatic heterocycles. The number of carbonyl (C=O) groups is 1. The third-order valence-electron chi connectivity index (χ3n) is 7.75. The average Bonchev–Trinajstić information content (AvgIpc) is 2.68. The van der Waals surface area contributed by atoms with Gasteiger partial charge in [-0.25, -0.2) is 4.79 Å². The van der Waals surface area contributed by atoms with Gasteiger partial charge in [-0.15, -0.1) is 0 Å². The van der Waals surface area contributed by atoms with Crippen molar-refractivity contribution in [3.05, 3.63) is 0 Å². The van der Waals surface area contributed by atoms with Crippen LogP contribution in [0.5, 0.6) is 0 Å². The van der Waals surface area contributed by atoms with Gasteiger partial charge in [0.25, 0.3) is 0 Å². The molecule has 1 N–H and O–H groups in total. The number of carbonyl (C=O) groups excluding carboxylic acids is 1. The van der Waals surface area contributed by atoms with E-state index in [-0.39, 0.29) is 17.8 Å². The van der Waals surface area contributed by atoms with Crippen LogP contribution in [0.3, 0.4) is 0 Å². The molecule has 0 saturated heterocycles. The predicted molar refractivity (Wildman–Crippen MR) is 110 cm³/mol. The monoisotopic (exact) mass is 381 g/mol. The van der Waals surface area contributed by atoms with Crippen LogP contribution < -0.4 is 0 Å². The molecule has 0 aliphatic heterocycles. The molecule has 0 amide bonds. The van der Waals surface area contributed by atoms with E-state index in [4.69, 9.17) is 4.74 Å². The van der Waals surface area contributed by atoms with Crippen LogP contribution in [0, 0.1) is 29.6 Å². The maximum Gasteiger partial charge on any atom is 0.338 e. The van der Waals surface area contributed by atoms with Gasteiger partial charge in [0, 0.05) is 12.5 Å². The summed E-state index contributed by atoms with van der Waals surface area (Å²) in [5, 5.41) is 12.0. The Morgan fingerprint density at radius 3 is 2.19 bits per heavy atom. The SMILES string of the molecule is CCN(CC)CCOC(=O)[C@@](O)(C1CCCCC1)[C@H]1[C@@H](C)[C@@H](C)CC[C@H]1C. The van der Waals surface area contributed by atoms with Crippen molar-refractivity contribution in [3.8, 4) is 0 Å². The zero-order valence-electron chi connectivity index (χ0n) is 18.4. The lowest BCUT2D eigenvalue weighted by atomic mass is 9.57. The van der Waals surface area contributed by atoms with E-state index in [1.807, 2.05) is 0 Å². The molecule has 4 nitrogen and oxygen atoms in total. The summed E-state index contributed by atoms with van der Waals surface area (Å²) in [5.41, 5.74) is -1.32. The second-order valence-electron chi connectivity index (χ2n) is 9.24. The fourth-order valence-corrected chi connectivity index (χ4v) is 5.72. The van der Waals surface area contributed by atoms with E-state index in [1.165, 1.54) is 12.8 Å². The van der Waals surface area contributed by atoms with Gasteiger partial charge in [0.1, 0.15) is 6.61 Å². The Kier molecular flexibility index (Phi) is 8.61. The minimum atomic E-state index is -1.32. The third kappa shape index (κ3) is 5.06. The summed E-state index contributed by atoms with van der Waals surface area (Å²) in [6.45, 7) is 14.0. The summed E-state index contributed by atoms with van der Waals surface area (Å²) in [5.74, 6) is 0.955. The molecule has 2 aliphatic rings. The van der Waals surface area contributed by atoms with Crippen LogP contribution in [0.25, 0.3) is 0 Å². The molecule has 2 fully saturated rings. The molecule has 5 atom stereocenters. The minimum absolute atomic E-state index is 0.00491. The van der Waals surface area contributed by atoms with Gasteiger partial charge in [-0.3, -0.25) is 0 Å². The number of nitrogens with zero attached hydrogens (tertiary/aromatic N) is 1. The molecule has 0 unspecified atom stereocenters. The first-order valence-corrected chi connectivity index (χ1v) is 11.5. The number of likely N-dealkylation sites (N-methyl/N-ethyl adjacent to an activating group) is 1. The average molecular weight is 382 g/mol. The number of rotatable bonds is 8. The first-order valence-electron chi connectivity index (χ1n) is 11.5. The molecule has 0 aromatic rings. The van der Waals surface area contributed by atoms with Crippen molar-refractivity contribution in [2.24, 2.45) is 29.6 Å². The molecule has 2 saturated carbocycles. The van der Waals surface area contributed by atoms with Crippen molar-refractivity contribution < 1.29 is 14.6 Å². The van der Waals surface area contributed by atoms with Crippen molar-refractivity contribution in [2.45, 2.75) is 85.2 Å². The first-order chi connectivity index (χ1) is 12.9. The van der Waals surface area contributed by atoms with Gasteiger partial charge >= 0.3 is 5.97 Å². The largest absolute Gasteiger partial charge is 0.462 e. The first kappa shape index (κ1) is 22.7. The zero-order chi connectivity index (χ0) is 20.0. The van der Waals surface area contributed by atoms with Crippen LogP contribution in [-0.4, -0.2) is 47.8 Å². The van der Waals surface area contributed by atoms with E-state index in [0.717, 1.165) is 51.7 Å². The molecule has 2 aliphatic carbocycles. The molecule has 0 radical (unpaired) electrons. The maximum absolute atomic E-state index is 13.3. The Morgan fingerprint density at radius 2 is 1.59 bits per heavy atom. The molecule has 0 heterocycles. The molecular weight excluding hydrogens is 338 g/mol. The van der Waals surface area contributed by atoms with Crippen LogP contribution >= 0.6 is 0 Å². The molecule has 27 heavy (non-hydrogen) atoms. The van der Waals surface area contributed by atoms with Gasteiger partial charge in [-0.2, -0.15) is 0 Å². The lowest BCUT2D eigenvalue weighted by Gasteiger charge is -2.50. The maximum atomic E-state index is 13.3. The van der Waals surface area contributed by atoms with Gasteiger partial charge < -0.3 is 14.7 Å². The predicted octanol–water partition coefficient (Wildman–Crippen LogP) is 4.50. The fourth-order valence-electron chi connectivity index (χ4n) is 5.72. The molecule has 0 aromatic carbocycles. The summed E-state index contributed by atoms with van der Waals surface area (Å²) < 4.78 is 5.75. The molecule has 158 valence electrons. The second-order valence-corrected chi connectivity index (χ2v) is 9.24. The number of hydrogen-bond donors (Lipinski definition) is 1. The quantitative estimate of drug-likeness (QED) is 0.629. The molecule has 0 spiro atoms. The fraction of sp³-hybridized carbons (Fsp3) is 0.957. The van der Waals surface area contributed by atoms with Gasteiger partial charge in [0.15, 0.2) is 5.60 Å². The molecule has 2 rings (SSSR count). The van der Waals surface area contributed by atoms with Crippen LogP contribution in [0.4, 0.5) is 0 Å². The van der Waals surface area contributed by atoms with Gasteiger partial charge in [0.05, 0.1) is 0 Å². The number of aliphatic hydroxyl groups is 1. The van der Waals surface area contributed by atoms with Crippen molar-refractivity contribution >= 4 is 5.97 Å². The smallest absolute Gasteiger partial charge is 0.338 e. The molecule has 0 bridgehead atoms. The zero-order valence-corrected chi connectivity index (χ0v) is 18.4. The highest BCUT2D eigenvalue weighted by molar-refractivity contribution is 5.80. The van der Waals surface area contributed by atoms with Crippen molar-refractivity contribution in [3.63, 3.8) is 0 Å². The van der Waals surface area contributed by atoms with E-state index in [9.17, 15) is 9.90 Å². The van der Waals surface area contributed by atoms with Crippen molar-refractivity contribution in [2.75, 3.05) is 26.2 Å². The standard InChI is InChI=1S/C23H43NO3/c1-6-24(7-2)15-16-27-22(25)23(26,20-11-9-8-10-12-20)21-18(4)14-13-17(3)19(21)5/h17-21,26H,6-16H2,1-5H3/t17-,18+,19-,21+,23+/m0/s1. The Balaban J connectivity index is 2.20. The highest BCUT2D eigenvalue weighted by atomic mass is 16.5. The lowest BCUT2D eigenvalue weighted by Crippen LogP contribution is -2.59. The van der Waals surface area contributed by atoms with Crippen molar-refractivity contribution in [1.29, 1.82) is 0 Å². The van der Waals surface area contributed by atoms with Crippen LogP contribution in [0.1, 0.15) is 79.6 Å². The van der Waals surface area contributed by atoms with E-state index >= 15 is 0 Å². The Morgan fingerprint density at radius 1 is 1.00 bits per heavy atom. The summed E-state index contributed by atoms with van der Waals surface area (Å²) in [4.78, 5) is 15.6. The Bertz CT molecular complexity index is 459. The lowest BCUT2D eigenvalue weighted by molar-refractivity contribution is -0.195. The highest BCUT2D eigenvalue weighted by Crippen LogP contribution is 2.49. The summed E-state index contributed by atoms with van der Waals surface area (Å²) in [6, 6.07) is 0. The highest BCUT2D eigenvalue weighted by Gasteiger charge is 2.56. The van der Waals surface area contributed by atoms with E-state index in [1.54, 1.807) is 0 Å². The summed E-state index contributed by atoms with van der Waals surface area (Å²) >= 11 is 0. The second kappa shape index (κ2) is 10.2. The molecule has 4 heteroatoms. The topological polar surface area (TPSA) is 49.8 Å². The number of ether oxygens (including phenoxy) is 1. The van der Waals surface area contributed by atoms with E-state index < -0.39 is 5.60 Å². The Hall–Kier alpha value is -0.610. The van der Waals surface area contributed by atoms with Crippen LogP contribution in [0.2, 0.25) is 0 Å². The van der Waals surface area contributed by atoms with Crippen molar-refractivity contribution in [1.82, 2.24) is 4.90 Å². The van der Waals surface area contributed by atoms with Crippen LogP contribution in [-0.2, 0) is 9.53 Å². The van der Waals surface area contributed by atoms with Gasteiger partial charge in [-0.05, 0) is 49.6 Å². The van der Waals surface area contributed by atoms with Gasteiger partial charge in [0.2, 0.25) is 0 Å².